The van der Waals surface area contributed by atoms with Crippen LogP contribution in [0.3, 0.4) is 0 Å². The second kappa shape index (κ2) is 4.52. The highest BCUT2D eigenvalue weighted by Gasteiger charge is 2.27. The molecular formula is C13F8N. The Labute approximate surface area is 115 Å². The predicted molar refractivity (Wildman–Crippen MR) is 57.7 cm³/mol. The van der Waals surface area contributed by atoms with Crippen molar-refractivity contribution in [2.45, 2.75) is 0 Å². The number of rotatable bonds is 0. The molecular weight excluding hydrogens is 322 g/mol. The molecule has 0 fully saturated rings. The van der Waals surface area contributed by atoms with E-state index in [4.69, 9.17) is 0 Å². The van der Waals surface area contributed by atoms with Gasteiger partial charge in [0.25, 0.3) is 0 Å². The topological polar surface area (TPSA) is 12.9 Å². The minimum absolute atomic E-state index is 1.17. The third-order valence-electron chi connectivity index (χ3n) is 2.97. The van der Waals surface area contributed by atoms with E-state index in [1.54, 1.807) is 0 Å². The van der Waals surface area contributed by atoms with Gasteiger partial charge in [0, 0.05) is 6.07 Å². The predicted octanol–water partition coefficient (Wildman–Crippen LogP) is 4.30. The van der Waals surface area contributed by atoms with Crippen LogP contribution in [0.4, 0.5) is 35.1 Å². The first-order valence-corrected chi connectivity index (χ1v) is 5.46. The maximum atomic E-state index is 14.1. The van der Waals surface area contributed by atoms with E-state index >= 15 is 0 Å². The summed E-state index contributed by atoms with van der Waals surface area (Å²) in [5.41, 5.74) is -2.65. The number of hydrogen-bond acceptors (Lipinski definition) is 1. The Morgan fingerprint density at radius 1 is 0.545 bits per heavy atom. The zero-order valence-corrected chi connectivity index (χ0v) is 9.97. The van der Waals surface area contributed by atoms with Crippen molar-refractivity contribution < 1.29 is 35.1 Å². The zero-order valence-electron chi connectivity index (χ0n) is 9.97. The van der Waals surface area contributed by atoms with Crippen LogP contribution in [0.5, 0.6) is 0 Å². The fraction of sp³-hybridized carbons (Fsp3) is 0. The number of nitrogens with zero attached hydrogens (tertiary/aromatic N) is 1. The van der Waals surface area contributed by atoms with Gasteiger partial charge in [0.15, 0.2) is 40.7 Å². The zero-order chi connectivity index (χ0) is 16.3. The summed E-state index contributed by atoms with van der Waals surface area (Å²) >= 11 is 0. The van der Waals surface area contributed by atoms with Crippen LogP contribution in [-0.2, 0) is 0 Å². The average Bonchev–Trinajstić information content (AvgIpc) is 2.49. The molecule has 113 valence electrons. The maximum Gasteiger partial charge on any atom is 0.199 e. The number of pyridine rings is 1. The van der Waals surface area contributed by atoms with Crippen LogP contribution < -0.4 is 0 Å². The van der Waals surface area contributed by atoms with E-state index in [2.05, 4.69) is 4.98 Å². The van der Waals surface area contributed by atoms with E-state index in [1.807, 2.05) is 0 Å². The Morgan fingerprint density at radius 3 is 1.73 bits per heavy atom. The molecule has 2 aromatic carbocycles. The molecule has 1 nitrogen and oxygen atoms in total. The van der Waals surface area contributed by atoms with Crippen molar-refractivity contribution in [3.8, 4) is 0 Å². The average molecular weight is 322 g/mol. The van der Waals surface area contributed by atoms with Gasteiger partial charge in [-0.3, -0.25) is 0 Å². The molecule has 1 radical (unpaired) electrons. The highest BCUT2D eigenvalue weighted by atomic mass is 19.2. The second-order valence-corrected chi connectivity index (χ2v) is 4.20. The van der Waals surface area contributed by atoms with Crippen molar-refractivity contribution in [3.63, 3.8) is 0 Å². The van der Waals surface area contributed by atoms with Gasteiger partial charge in [0.2, 0.25) is 0 Å². The minimum Gasteiger partial charge on any atom is -0.241 e. The first-order valence-electron chi connectivity index (χ1n) is 5.46. The Kier molecular flexibility index (Phi) is 2.98. The van der Waals surface area contributed by atoms with Crippen LogP contribution in [0, 0.1) is 52.6 Å². The molecule has 0 atom stereocenters. The molecule has 0 spiro atoms. The maximum absolute atomic E-state index is 14.1. The Balaban J connectivity index is 2.68. The van der Waals surface area contributed by atoms with E-state index < -0.39 is 68.3 Å². The molecule has 0 aliphatic carbocycles. The van der Waals surface area contributed by atoms with Gasteiger partial charge in [0.1, 0.15) is 16.9 Å². The van der Waals surface area contributed by atoms with E-state index in [1.165, 1.54) is 6.07 Å². The summed E-state index contributed by atoms with van der Waals surface area (Å²) < 4.78 is 107. The Morgan fingerprint density at radius 2 is 1.09 bits per heavy atom. The van der Waals surface area contributed by atoms with Gasteiger partial charge >= 0.3 is 0 Å². The molecule has 0 saturated carbocycles. The van der Waals surface area contributed by atoms with Crippen molar-refractivity contribution in [1.82, 2.24) is 4.98 Å². The van der Waals surface area contributed by atoms with Gasteiger partial charge in [-0.1, -0.05) is 0 Å². The number of fused-ring (bicyclic) bond motifs is 2. The van der Waals surface area contributed by atoms with Gasteiger partial charge in [-0.2, -0.15) is 0 Å². The van der Waals surface area contributed by atoms with Gasteiger partial charge in [-0.15, -0.1) is 0 Å². The molecule has 0 aliphatic rings. The molecule has 0 saturated heterocycles. The number of aromatic nitrogens is 1. The monoisotopic (exact) mass is 322 g/mol. The van der Waals surface area contributed by atoms with E-state index in [9.17, 15) is 35.1 Å². The lowest BCUT2D eigenvalue weighted by atomic mass is 10.1. The lowest BCUT2D eigenvalue weighted by Gasteiger charge is -2.09. The van der Waals surface area contributed by atoms with Gasteiger partial charge in [-0.05, 0) is 0 Å². The summed E-state index contributed by atoms with van der Waals surface area (Å²) in [6.45, 7) is 0. The van der Waals surface area contributed by atoms with Crippen LogP contribution >= 0.6 is 0 Å². The van der Waals surface area contributed by atoms with Crippen molar-refractivity contribution >= 4 is 21.8 Å². The fourth-order valence-electron chi connectivity index (χ4n) is 1.96. The molecule has 0 amide bonds. The van der Waals surface area contributed by atoms with E-state index in [-0.39, 0.29) is 0 Å². The van der Waals surface area contributed by atoms with Crippen LogP contribution in [0.25, 0.3) is 21.8 Å². The molecule has 9 heteroatoms. The van der Waals surface area contributed by atoms with Gasteiger partial charge in [0.05, 0.1) is 10.8 Å². The smallest absolute Gasteiger partial charge is 0.199 e. The van der Waals surface area contributed by atoms with Crippen molar-refractivity contribution in [1.29, 1.82) is 0 Å². The summed E-state index contributed by atoms with van der Waals surface area (Å²) in [4.78, 5) is 3.03. The largest absolute Gasteiger partial charge is 0.241 e. The first-order chi connectivity index (χ1) is 10.3. The van der Waals surface area contributed by atoms with Gasteiger partial charge < -0.3 is 0 Å². The molecule has 3 aromatic rings. The van der Waals surface area contributed by atoms with Gasteiger partial charge in [-0.25, -0.2) is 40.1 Å². The fourth-order valence-corrected chi connectivity index (χ4v) is 1.96. The summed E-state index contributed by atoms with van der Waals surface area (Å²) in [5, 5.41) is -2.64. The van der Waals surface area contributed by atoms with Crippen LogP contribution in [0.15, 0.2) is 0 Å². The molecule has 0 N–H and O–H groups in total. The molecule has 22 heavy (non-hydrogen) atoms. The van der Waals surface area contributed by atoms with Crippen LogP contribution in [0.1, 0.15) is 0 Å². The highest BCUT2D eigenvalue weighted by Crippen LogP contribution is 2.33. The summed E-state index contributed by atoms with van der Waals surface area (Å²) in [5.74, 6) is -16.7. The summed E-state index contributed by atoms with van der Waals surface area (Å²) in [6.07, 6.45) is 0. The van der Waals surface area contributed by atoms with E-state index in [0.29, 0.717) is 0 Å². The highest BCUT2D eigenvalue weighted by molar-refractivity contribution is 5.94. The van der Waals surface area contributed by atoms with E-state index in [0.717, 1.165) is 0 Å². The third-order valence-corrected chi connectivity index (χ3v) is 2.97. The van der Waals surface area contributed by atoms with Crippen molar-refractivity contribution in [2.24, 2.45) is 0 Å². The van der Waals surface area contributed by atoms with Crippen molar-refractivity contribution in [2.75, 3.05) is 0 Å². The molecule has 0 bridgehead atoms. The Bertz CT molecular complexity index is 966. The normalized spacial score (nSPS) is 11.6. The number of hydrogen-bond donors (Lipinski definition) is 0. The quantitative estimate of drug-likeness (QED) is 0.260. The van der Waals surface area contributed by atoms with Crippen molar-refractivity contribution in [3.05, 3.63) is 52.6 Å². The first kappa shape index (κ1) is 14.5. The lowest BCUT2D eigenvalue weighted by molar-refractivity contribution is 0.415. The molecule has 1 aromatic heterocycles. The second-order valence-electron chi connectivity index (χ2n) is 4.20. The third kappa shape index (κ3) is 1.68. The number of halogens is 8. The molecule has 3 rings (SSSR count). The lowest BCUT2D eigenvalue weighted by Crippen LogP contribution is -2.04. The molecule has 0 aliphatic heterocycles. The minimum atomic E-state index is -2.33. The standard InChI is InChI=1S/C13F8N/c14-3-1-2-5(15)4-7(17)8(18)9(19)11(21)13(4)22-12(2)10(20)6(3)16. The molecule has 1 heterocycles. The summed E-state index contributed by atoms with van der Waals surface area (Å²) in [7, 11) is 0. The van der Waals surface area contributed by atoms with Crippen LogP contribution in [-0.4, -0.2) is 4.98 Å². The SMILES string of the molecule is Fc1[c]c2c(F)c3c(F)c(F)c(F)c(F)c3nc2c(F)c1F. The van der Waals surface area contributed by atoms with Crippen LogP contribution in [0.2, 0.25) is 0 Å². The Hall–Kier alpha value is -2.45. The number of benzene rings is 2. The summed E-state index contributed by atoms with van der Waals surface area (Å²) in [6, 6.07) is 1.42. The molecule has 0 unspecified atom stereocenters.